The van der Waals surface area contributed by atoms with E-state index in [0.29, 0.717) is 19.6 Å². The Bertz CT molecular complexity index is 108. The standard InChI is InChI=1S/C6H15NO3.C4H12N.H2O/c8-4-1-7(2-5-9)3-6-10;1-5(2,3)4;/h8-10H,1-6H2;1-4H3;1H2/q;+1;/p-1. The highest BCUT2D eigenvalue weighted by atomic mass is 16.3. The van der Waals surface area contributed by atoms with Gasteiger partial charge in [0.1, 0.15) is 0 Å². The van der Waals surface area contributed by atoms with Gasteiger partial charge in [-0.3, -0.25) is 4.90 Å². The summed E-state index contributed by atoms with van der Waals surface area (Å²) in [6.07, 6.45) is 0. The van der Waals surface area contributed by atoms with Crippen molar-refractivity contribution in [2.75, 3.05) is 67.6 Å². The Kier molecular flexibility index (Phi) is 16.9. The summed E-state index contributed by atoms with van der Waals surface area (Å²) >= 11 is 0. The highest BCUT2D eigenvalue weighted by Crippen LogP contribution is 1.84. The molecule has 0 bridgehead atoms. The molecule has 0 fully saturated rings. The highest BCUT2D eigenvalue weighted by molar-refractivity contribution is 4.54. The maximum absolute atomic E-state index is 8.48. The van der Waals surface area contributed by atoms with Gasteiger partial charge in [0, 0.05) is 19.6 Å². The average molecular weight is 240 g/mol. The largest absolute Gasteiger partial charge is 0.870 e. The first-order chi connectivity index (χ1) is 6.85. The lowest BCUT2D eigenvalue weighted by atomic mass is 10.4. The summed E-state index contributed by atoms with van der Waals surface area (Å²) in [5.41, 5.74) is 0. The number of hydrogen-bond acceptors (Lipinski definition) is 5. The monoisotopic (exact) mass is 240 g/mol. The van der Waals surface area contributed by atoms with Crippen molar-refractivity contribution >= 4 is 0 Å². The fourth-order valence-electron chi connectivity index (χ4n) is 0.760. The van der Waals surface area contributed by atoms with Crippen molar-refractivity contribution in [1.29, 1.82) is 0 Å². The lowest BCUT2D eigenvalue weighted by Gasteiger charge is -2.17. The topological polar surface area (TPSA) is 93.9 Å². The zero-order valence-corrected chi connectivity index (χ0v) is 10.9. The van der Waals surface area contributed by atoms with Crippen molar-refractivity contribution < 1.29 is 25.3 Å². The average Bonchev–Trinajstić information content (AvgIpc) is 2.02. The summed E-state index contributed by atoms with van der Waals surface area (Å²) in [5, 5.41) is 25.5. The number of hydrogen-bond donors (Lipinski definition) is 3. The fraction of sp³-hybridized carbons (Fsp3) is 1.00. The molecule has 0 aliphatic carbocycles. The maximum atomic E-state index is 8.48. The van der Waals surface area contributed by atoms with Crippen LogP contribution < -0.4 is 0 Å². The quantitative estimate of drug-likeness (QED) is 0.487. The summed E-state index contributed by atoms with van der Waals surface area (Å²) in [4.78, 5) is 1.79. The molecule has 0 atom stereocenters. The van der Waals surface area contributed by atoms with Gasteiger partial charge in [-0.25, -0.2) is 0 Å². The number of aliphatic hydroxyl groups excluding tert-OH is 3. The summed E-state index contributed by atoms with van der Waals surface area (Å²) in [6, 6.07) is 0. The summed E-state index contributed by atoms with van der Waals surface area (Å²) in [5.74, 6) is 0. The maximum Gasteiger partial charge on any atom is 0.0675 e. The van der Waals surface area contributed by atoms with Crippen molar-refractivity contribution in [2.45, 2.75) is 0 Å². The van der Waals surface area contributed by atoms with Gasteiger partial charge in [-0.2, -0.15) is 0 Å². The second-order valence-electron chi connectivity index (χ2n) is 4.70. The van der Waals surface area contributed by atoms with Crippen LogP contribution in [0.15, 0.2) is 0 Å². The predicted molar refractivity (Wildman–Crippen MR) is 63.6 cm³/mol. The van der Waals surface area contributed by atoms with E-state index in [0.717, 1.165) is 4.48 Å². The SMILES string of the molecule is C[N+](C)(C)C.OCCN(CCO)CCO.[OH-]. The van der Waals surface area contributed by atoms with E-state index >= 15 is 0 Å². The molecule has 6 nitrogen and oxygen atoms in total. The molecule has 0 aromatic rings. The van der Waals surface area contributed by atoms with E-state index in [4.69, 9.17) is 15.3 Å². The van der Waals surface area contributed by atoms with E-state index in [1.165, 1.54) is 0 Å². The number of nitrogens with zero attached hydrogens (tertiary/aromatic N) is 2. The van der Waals surface area contributed by atoms with Gasteiger partial charge >= 0.3 is 0 Å². The van der Waals surface area contributed by atoms with Crippen molar-refractivity contribution in [3.05, 3.63) is 0 Å². The van der Waals surface area contributed by atoms with Crippen molar-refractivity contribution in [3.63, 3.8) is 0 Å². The van der Waals surface area contributed by atoms with Crippen LogP contribution in [0.5, 0.6) is 0 Å². The molecule has 0 aliphatic rings. The zero-order chi connectivity index (χ0) is 12.3. The summed E-state index contributed by atoms with van der Waals surface area (Å²) in [7, 11) is 8.50. The molecule has 0 aliphatic heterocycles. The number of quaternary nitrogens is 1. The summed E-state index contributed by atoms with van der Waals surface area (Å²) in [6.45, 7) is 1.75. The Morgan fingerprint density at radius 2 is 0.938 bits per heavy atom. The third-order valence-corrected chi connectivity index (χ3v) is 1.25. The molecule has 0 heterocycles. The van der Waals surface area contributed by atoms with Gasteiger partial charge < -0.3 is 25.3 Å². The molecule has 4 N–H and O–H groups in total. The van der Waals surface area contributed by atoms with Crippen LogP contribution in [-0.2, 0) is 0 Å². The Hall–Kier alpha value is -0.240. The minimum absolute atomic E-state index is 0. The molecule has 0 aromatic carbocycles. The molecular formula is C10H28N2O4. The zero-order valence-electron chi connectivity index (χ0n) is 10.9. The lowest BCUT2D eigenvalue weighted by molar-refractivity contribution is -0.849. The Morgan fingerprint density at radius 1 is 0.750 bits per heavy atom. The highest BCUT2D eigenvalue weighted by Gasteiger charge is 2.00. The first-order valence-electron chi connectivity index (χ1n) is 5.19. The fourth-order valence-corrected chi connectivity index (χ4v) is 0.760. The molecule has 0 saturated heterocycles. The van der Waals surface area contributed by atoms with Crippen LogP contribution in [0.2, 0.25) is 0 Å². The van der Waals surface area contributed by atoms with Gasteiger partial charge in [-0.05, 0) is 0 Å². The van der Waals surface area contributed by atoms with E-state index in [1.807, 2.05) is 0 Å². The van der Waals surface area contributed by atoms with E-state index in [2.05, 4.69) is 28.2 Å². The molecule has 102 valence electrons. The van der Waals surface area contributed by atoms with Gasteiger partial charge in [0.2, 0.25) is 0 Å². The van der Waals surface area contributed by atoms with Crippen LogP contribution in [0, 0.1) is 0 Å². The van der Waals surface area contributed by atoms with Gasteiger partial charge in [-0.1, -0.05) is 0 Å². The van der Waals surface area contributed by atoms with Crippen LogP contribution >= 0.6 is 0 Å². The van der Waals surface area contributed by atoms with E-state index < -0.39 is 0 Å². The Balaban J connectivity index is -0.000000242. The molecule has 0 amide bonds. The predicted octanol–water partition coefficient (Wildman–Crippen LogP) is -1.59. The second-order valence-corrected chi connectivity index (χ2v) is 4.70. The van der Waals surface area contributed by atoms with Crippen LogP contribution in [0.25, 0.3) is 0 Å². The van der Waals surface area contributed by atoms with Crippen molar-refractivity contribution in [1.82, 2.24) is 4.90 Å². The van der Waals surface area contributed by atoms with Crippen molar-refractivity contribution in [2.24, 2.45) is 0 Å². The second kappa shape index (κ2) is 12.8. The number of aliphatic hydroxyl groups is 3. The van der Waals surface area contributed by atoms with Crippen LogP contribution in [0.4, 0.5) is 0 Å². The molecule has 0 unspecified atom stereocenters. The van der Waals surface area contributed by atoms with Gasteiger partial charge in [0.15, 0.2) is 0 Å². The van der Waals surface area contributed by atoms with E-state index in [-0.39, 0.29) is 25.3 Å². The lowest BCUT2D eigenvalue weighted by Crippen LogP contribution is -2.32. The molecule has 0 radical (unpaired) electrons. The third-order valence-electron chi connectivity index (χ3n) is 1.25. The first-order valence-corrected chi connectivity index (χ1v) is 5.19. The third kappa shape index (κ3) is 29.2. The smallest absolute Gasteiger partial charge is 0.0675 e. The molecule has 0 spiro atoms. The molecule has 16 heavy (non-hydrogen) atoms. The van der Waals surface area contributed by atoms with E-state index in [9.17, 15) is 0 Å². The van der Waals surface area contributed by atoms with E-state index in [1.54, 1.807) is 4.90 Å². The molecule has 6 heteroatoms. The molecule has 0 rings (SSSR count). The number of rotatable bonds is 6. The van der Waals surface area contributed by atoms with Gasteiger partial charge in [-0.15, -0.1) is 0 Å². The van der Waals surface area contributed by atoms with Gasteiger partial charge in [0.05, 0.1) is 48.0 Å². The Labute approximate surface area is 98.6 Å². The first kappa shape index (κ1) is 21.1. The minimum atomic E-state index is 0. The molecule has 0 saturated carbocycles. The molecule has 0 aromatic heterocycles. The summed E-state index contributed by atoms with van der Waals surface area (Å²) < 4.78 is 1.00. The molecular weight excluding hydrogens is 212 g/mol. The minimum Gasteiger partial charge on any atom is -0.870 e. The van der Waals surface area contributed by atoms with Crippen LogP contribution in [0.3, 0.4) is 0 Å². The van der Waals surface area contributed by atoms with Crippen LogP contribution in [-0.4, -0.2) is 97.8 Å². The van der Waals surface area contributed by atoms with Crippen molar-refractivity contribution in [3.8, 4) is 0 Å². The Morgan fingerprint density at radius 3 is 1.06 bits per heavy atom. The van der Waals surface area contributed by atoms with Gasteiger partial charge in [0.25, 0.3) is 0 Å². The van der Waals surface area contributed by atoms with Crippen LogP contribution in [0.1, 0.15) is 0 Å². The normalized spacial score (nSPS) is 10.5.